The minimum Gasteiger partial charge on any atom is -0.243 e. The summed E-state index contributed by atoms with van der Waals surface area (Å²) in [6.07, 6.45) is 3.34. The van der Waals surface area contributed by atoms with E-state index in [1.165, 1.54) is 12.0 Å². The lowest BCUT2D eigenvalue weighted by atomic mass is 10.0. The molecule has 1 fully saturated rings. The predicted molar refractivity (Wildman–Crippen MR) is 52.6 cm³/mol. The molecule has 1 aliphatic rings. The molecule has 0 bridgehead atoms. The summed E-state index contributed by atoms with van der Waals surface area (Å²) in [5.41, 5.74) is 1.39. The Bertz CT molecular complexity index is 154. The summed E-state index contributed by atoms with van der Waals surface area (Å²) in [6.45, 7) is 9.69. The molecular weight excluding hydrogens is 154 g/mol. The van der Waals surface area contributed by atoms with Gasteiger partial charge < -0.3 is 0 Å². The fraction of sp³-hybridized carbons (Fsp3) is 0.778. The van der Waals surface area contributed by atoms with Crippen molar-refractivity contribution >= 4 is 11.9 Å². The normalized spacial score (nSPS) is 26.9. The predicted octanol–water partition coefficient (Wildman–Crippen LogP) is 2.55. The van der Waals surface area contributed by atoms with Gasteiger partial charge in [-0.05, 0) is 18.6 Å². The van der Waals surface area contributed by atoms with Crippen molar-refractivity contribution < 1.29 is 0 Å². The highest BCUT2D eigenvalue weighted by Gasteiger charge is 2.28. The number of rotatable bonds is 2. The second-order valence-electron chi connectivity index (χ2n) is 3.52. The first-order chi connectivity index (χ1) is 5.15. The van der Waals surface area contributed by atoms with Gasteiger partial charge in [-0.25, -0.2) is 4.31 Å². The van der Waals surface area contributed by atoms with Crippen molar-refractivity contribution in [1.82, 2.24) is 4.31 Å². The summed E-state index contributed by atoms with van der Waals surface area (Å²) in [6, 6.07) is 0.720. The van der Waals surface area contributed by atoms with E-state index in [0.717, 1.165) is 18.5 Å². The number of hydrogen-bond donors (Lipinski definition) is 0. The van der Waals surface area contributed by atoms with Gasteiger partial charge >= 0.3 is 0 Å². The monoisotopic (exact) mass is 171 g/mol. The van der Waals surface area contributed by atoms with Gasteiger partial charge in [0.05, 0.1) is 0 Å². The van der Waals surface area contributed by atoms with Crippen molar-refractivity contribution in [2.45, 2.75) is 26.3 Å². The molecule has 1 saturated heterocycles. The van der Waals surface area contributed by atoms with Crippen LogP contribution >= 0.6 is 11.9 Å². The van der Waals surface area contributed by atoms with Crippen molar-refractivity contribution in [3.63, 3.8) is 0 Å². The zero-order valence-corrected chi connectivity index (χ0v) is 8.45. The van der Waals surface area contributed by atoms with Gasteiger partial charge in [0.2, 0.25) is 0 Å². The molecule has 0 saturated carbocycles. The number of hydrogen-bond acceptors (Lipinski definition) is 2. The van der Waals surface area contributed by atoms with Gasteiger partial charge in [-0.3, -0.25) is 0 Å². The van der Waals surface area contributed by atoms with Crippen LogP contribution in [0.1, 0.15) is 20.3 Å². The van der Waals surface area contributed by atoms with Gasteiger partial charge in [-0.15, -0.1) is 0 Å². The Morgan fingerprint density at radius 2 is 2.27 bits per heavy atom. The van der Waals surface area contributed by atoms with Gasteiger partial charge in [0.1, 0.15) is 0 Å². The Hall–Kier alpha value is 0.0500. The molecule has 2 heteroatoms. The molecule has 0 aromatic carbocycles. The fourth-order valence-corrected chi connectivity index (χ4v) is 2.47. The second-order valence-corrected chi connectivity index (χ2v) is 4.36. The van der Waals surface area contributed by atoms with Crippen molar-refractivity contribution in [2.24, 2.45) is 5.92 Å². The minimum absolute atomic E-state index is 0.720. The lowest BCUT2D eigenvalue weighted by Crippen LogP contribution is -2.27. The zero-order chi connectivity index (χ0) is 8.43. The average molecular weight is 171 g/mol. The minimum atomic E-state index is 0.720. The highest BCUT2D eigenvalue weighted by molar-refractivity contribution is 7.96. The second kappa shape index (κ2) is 3.63. The smallest absolute Gasteiger partial charge is 0.0301 e. The quantitative estimate of drug-likeness (QED) is 0.464. The molecule has 1 atom stereocenters. The first kappa shape index (κ1) is 9.14. The maximum Gasteiger partial charge on any atom is 0.0301 e. The molecule has 0 aliphatic carbocycles. The third-order valence-electron chi connectivity index (χ3n) is 2.25. The largest absolute Gasteiger partial charge is 0.243 e. The van der Waals surface area contributed by atoms with E-state index in [0.29, 0.717) is 0 Å². The van der Waals surface area contributed by atoms with E-state index in [1.807, 2.05) is 11.9 Å². The van der Waals surface area contributed by atoms with E-state index in [2.05, 4.69) is 31.0 Å². The maximum atomic E-state index is 4.03. The Morgan fingerprint density at radius 3 is 2.64 bits per heavy atom. The van der Waals surface area contributed by atoms with Crippen LogP contribution in [0.4, 0.5) is 0 Å². The van der Waals surface area contributed by atoms with Crippen LogP contribution in [-0.4, -0.2) is 23.1 Å². The van der Waals surface area contributed by atoms with Crippen LogP contribution in [0.25, 0.3) is 0 Å². The molecule has 1 rings (SSSR count). The molecule has 64 valence electrons. The lowest BCUT2D eigenvalue weighted by molar-refractivity contribution is 0.343. The first-order valence-corrected chi connectivity index (χ1v) is 5.30. The van der Waals surface area contributed by atoms with E-state index in [1.54, 1.807) is 0 Å². The summed E-state index contributed by atoms with van der Waals surface area (Å²) >= 11 is 1.85. The molecule has 0 N–H and O–H groups in total. The Morgan fingerprint density at radius 1 is 1.64 bits per heavy atom. The maximum absolute atomic E-state index is 4.03. The molecular formula is C9H17NS. The average Bonchev–Trinajstić information content (AvgIpc) is 2.30. The first-order valence-electron chi connectivity index (χ1n) is 4.12. The summed E-state index contributed by atoms with van der Waals surface area (Å²) < 4.78 is 2.44. The van der Waals surface area contributed by atoms with Gasteiger partial charge in [-0.2, -0.15) is 0 Å². The Labute approximate surface area is 74.0 Å². The molecule has 0 amide bonds. The third-order valence-corrected chi connectivity index (χ3v) is 3.12. The van der Waals surface area contributed by atoms with Crippen LogP contribution in [0.3, 0.4) is 0 Å². The molecule has 0 unspecified atom stereocenters. The molecule has 0 aromatic heterocycles. The fourth-order valence-electron chi connectivity index (χ4n) is 1.57. The van der Waals surface area contributed by atoms with Crippen LogP contribution in [0, 0.1) is 5.92 Å². The molecule has 11 heavy (non-hydrogen) atoms. The molecule has 0 radical (unpaired) electrons. The SMILES string of the molecule is C=C1C[C@@H](C(C)C)N(SC)C1. The summed E-state index contributed by atoms with van der Waals surface area (Å²) in [7, 11) is 0. The summed E-state index contributed by atoms with van der Waals surface area (Å²) in [5, 5.41) is 0. The molecule has 0 spiro atoms. The third kappa shape index (κ3) is 2.00. The van der Waals surface area contributed by atoms with Crippen LogP contribution in [0.2, 0.25) is 0 Å². The van der Waals surface area contributed by atoms with E-state index in [9.17, 15) is 0 Å². The molecule has 1 nitrogen and oxygen atoms in total. The molecule has 0 aromatic rings. The van der Waals surface area contributed by atoms with E-state index in [-0.39, 0.29) is 0 Å². The summed E-state index contributed by atoms with van der Waals surface area (Å²) in [5.74, 6) is 0.752. The number of nitrogens with zero attached hydrogens (tertiary/aromatic N) is 1. The lowest BCUT2D eigenvalue weighted by Gasteiger charge is -2.24. The van der Waals surface area contributed by atoms with Crippen molar-refractivity contribution in [1.29, 1.82) is 0 Å². The van der Waals surface area contributed by atoms with Crippen molar-refractivity contribution in [3.05, 3.63) is 12.2 Å². The summed E-state index contributed by atoms with van der Waals surface area (Å²) in [4.78, 5) is 0. The van der Waals surface area contributed by atoms with E-state index < -0.39 is 0 Å². The van der Waals surface area contributed by atoms with Crippen molar-refractivity contribution in [2.75, 3.05) is 12.8 Å². The zero-order valence-electron chi connectivity index (χ0n) is 7.63. The van der Waals surface area contributed by atoms with Gasteiger partial charge in [-0.1, -0.05) is 37.9 Å². The highest BCUT2D eigenvalue weighted by atomic mass is 32.2. The van der Waals surface area contributed by atoms with Crippen molar-refractivity contribution in [3.8, 4) is 0 Å². The van der Waals surface area contributed by atoms with Crippen LogP contribution in [-0.2, 0) is 0 Å². The molecule has 1 heterocycles. The van der Waals surface area contributed by atoms with Crippen LogP contribution in [0.15, 0.2) is 12.2 Å². The van der Waals surface area contributed by atoms with E-state index >= 15 is 0 Å². The molecule has 1 aliphatic heterocycles. The standard InChI is InChI=1S/C9H17NS/c1-7(2)9-5-8(3)6-10(9)11-4/h7,9H,3,5-6H2,1-2,4H3/t9-/m0/s1. The highest BCUT2D eigenvalue weighted by Crippen LogP contribution is 2.30. The van der Waals surface area contributed by atoms with Gasteiger partial charge in [0.25, 0.3) is 0 Å². The topological polar surface area (TPSA) is 3.24 Å². The van der Waals surface area contributed by atoms with Gasteiger partial charge in [0, 0.05) is 12.6 Å². The van der Waals surface area contributed by atoms with Crippen LogP contribution < -0.4 is 0 Å². The Kier molecular flexibility index (Phi) is 3.02. The van der Waals surface area contributed by atoms with E-state index in [4.69, 9.17) is 0 Å². The van der Waals surface area contributed by atoms with Crippen LogP contribution in [0.5, 0.6) is 0 Å². The Balaban J connectivity index is 2.57. The van der Waals surface area contributed by atoms with Gasteiger partial charge in [0.15, 0.2) is 0 Å².